The molecule has 0 atom stereocenters. The second-order valence-electron chi connectivity index (χ2n) is 18.0. The predicted octanol–water partition coefficient (Wildman–Crippen LogP) is 6.41. The largest absolute Gasteiger partial charge is 0.494 e. The first-order valence-corrected chi connectivity index (χ1v) is 19.9. The minimum absolute atomic E-state index is 0.0591. The molecule has 3 rings (SSSR count). The fourth-order valence-corrected chi connectivity index (χ4v) is 5.44. The minimum Gasteiger partial charge on any atom is -0.494 e. The van der Waals surface area contributed by atoms with Gasteiger partial charge in [-0.05, 0) is 113 Å². The molecule has 0 saturated heterocycles. The van der Waals surface area contributed by atoms with Gasteiger partial charge in [-0.2, -0.15) is 9.97 Å². The number of benzene rings is 1. The van der Waals surface area contributed by atoms with Crippen molar-refractivity contribution in [1.82, 2.24) is 40.0 Å². The number of hydrogen-bond donors (Lipinski definition) is 3. The molecule has 3 aromatic rings. The second-order valence-corrected chi connectivity index (χ2v) is 18.0. The van der Waals surface area contributed by atoms with E-state index in [1.807, 2.05) is 10.6 Å². The maximum atomic E-state index is 13.6. The highest BCUT2D eigenvalue weighted by molar-refractivity contribution is 5.77. The average molecular weight is 844 g/mol. The summed E-state index contributed by atoms with van der Waals surface area (Å²) in [6.07, 6.45) is -0.265. The minimum atomic E-state index is -0.797. The fourth-order valence-electron chi connectivity index (χ4n) is 5.44. The molecule has 4 amide bonds. The number of aryl methyl sites for hydroxylation is 1. The van der Waals surface area contributed by atoms with Crippen LogP contribution in [-0.2, 0) is 38.6 Å². The summed E-state index contributed by atoms with van der Waals surface area (Å²) < 4.78 is 35.7. The van der Waals surface area contributed by atoms with E-state index in [9.17, 15) is 19.2 Å². The number of hydrogen-bond acceptors (Lipinski definition) is 14. The van der Waals surface area contributed by atoms with Gasteiger partial charge in [0.2, 0.25) is 11.8 Å². The highest BCUT2D eigenvalue weighted by Gasteiger charge is 2.26. The van der Waals surface area contributed by atoms with Crippen LogP contribution in [0.4, 0.5) is 25.1 Å². The number of ether oxygens (including phenoxy) is 6. The van der Waals surface area contributed by atoms with Crippen LogP contribution in [0.15, 0.2) is 24.5 Å². The number of nitrogens with two attached hydrogens (primary N) is 1. The van der Waals surface area contributed by atoms with Crippen molar-refractivity contribution in [3.63, 3.8) is 0 Å². The van der Waals surface area contributed by atoms with E-state index in [0.29, 0.717) is 41.0 Å². The highest BCUT2D eigenvalue weighted by atomic mass is 16.6. The molecule has 4 N–H and O–H groups in total. The Balaban J connectivity index is 1.93. The first kappa shape index (κ1) is 48.6. The normalized spacial score (nSPS) is 12.0. The van der Waals surface area contributed by atoms with Crippen molar-refractivity contribution in [3.8, 4) is 11.6 Å². The van der Waals surface area contributed by atoms with Crippen molar-refractivity contribution < 1.29 is 47.6 Å². The lowest BCUT2D eigenvalue weighted by atomic mass is 10.1. The van der Waals surface area contributed by atoms with Crippen LogP contribution in [0.25, 0.3) is 11.2 Å². The topological polar surface area (TPSA) is 224 Å². The zero-order chi connectivity index (χ0) is 45.1. The van der Waals surface area contributed by atoms with E-state index in [4.69, 9.17) is 34.2 Å². The van der Waals surface area contributed by atoms with E-state index in [2.05, 4.69) is 25.6 Å². The number of imidazole rings is 1. The van der Waals surface area contributed by atoms with Crippen LogP contribution >= 0.6 is 0 Å². The van der Waals surface area contributed by atoms with Crippen LogP contribution < -0.4 is 25.8 Å². The Bertz CT molecular complexity index is 1840. The number of nitrogen functional groups attached to an aromatic ring is 1. The Morgan fingerprint density at radius 1 is 0.700 bits per heavy atom. The van der Waals surface area contributed by atoms with Crippen molar-refractivity contribution in [2.75, 3.05) is 45.6 Å². The monoisotopic (exact) mass is 843 g/mol. The summed E-state index contributed by atoms with van der Waals surface area (Å²) in [6.45, 7) is 22.4. The first-order valence-electron chi connectivity index (χ1n) is 19.9. The molecule has 0 aliphatic carbocycles. The van der Waals surface area contributed by atoms with E-state index in [0.717, 1.165) is 0 Å². The Kier molecular flexibility index (Phi) is 16.6. The van der Waals surface area contributed by atoms with Crippen LogP contribution in [0.3, 0.4) is 0 Å². The third-order valence-corrected chi connectivity index (χ3v) is 7.63. The predicted molar refractivity (Wildman–Crippen MR) is 225 cm³/mol. The molecule has 0 spiro atoms. The number of fused-ring (bicyclic) bond motifs is 1. The van der Waals surface area contributed by atoms with Gasteiger partial charge in [0, 0.05) is 45.8 Å². The smallest absolute Gasteiger partial charge is 0.410 e. The molecule has 0 saturated carbocycles. The molecule has 0 bridgehead atoms. The van der Waals surface area contributed by atoms with Gasteiger partial charge < -0.3 is 59.2 Å². The summed E-state index contributed by atoms with van der Waals surface area (Å²) in [5.74, 6) is 0.806. The lowest BCUT2D eigenvalue weighted by Crippen LogP contribution is -2.42. The number of aromatic nitrogens is 4. The van der Waals surface area contributed by atoms with Crippen molar-refractivity contribution in [2.24, 2.45) is 0 Å². The summed E-state index contributed by atoms with van der Waals surface area (Å²) in [7, 11) is 1.48. The van der Waals surface area contributed by atoms with Gasteiger partial charge in [0.05, 0.1) is 20.0 Å². The molecule has 2 heterocycles. The van der Waals surface area contributed by atoms with Gasteiger partial charge in [0.25, 0.3) is 0 Å². The van der Waals surface area contributed by atoms with E-state index < -0.39 is 46.8 Å². The van der Waals surface area contributed by atoms with Crippen molar-refractivity contribution in [2.45, 2.75) is 132 Å². The van der Waals surface area contributed by atoms with E-state index in [1.54, 1.807) is 102 Å². The van der Waals surface area contributed by atoms with E-state index in [1.165, 1.54) is 16.9 Å². The van der Waals surface area contributed by atoms with E-state index in [-0.39, 0.29) is 57.7 Å². The lowest BCUT2D eigenvalue weighted by Gasteiger charge is -2.29. The van der Waals surface area contributed by atoms with Gasteiger partial charge in [0.15, 0.2) is 11.2 Å². The van der Waals surface area contributed by atoms with Gasteiger partial charge >= 0.3 is 24.4 Å². The number of carbonyl (C=O) groups excluding carboxylic acids is 4. The Labute approximate surface area is 352 Å². The molecule has 0 fully saturated rings. The third-order valence-electron chi connectivity index (χ3n) is 7.63. The molecule has 0 aliphatic rings. The average Bonchev–Trinajstić information content (AvgIpc) is 3.48. The van der Waals surface area contributed by atoms with Crippen molar-refractivity contribution >= 4 is 41.5 Å². The Morgan fingerprint density at radius 2 is 1.17 bits per heavy atom. The summed E-state index contributed by atoms with van der Waals surface area (Å²) in [6, 6.07) is 5.45. The summed E-state index contributed by atoms with van der Waals surface area (Å²) in [5.41, 5.74) is 5.22. The number of nitrogens with zero attached hydrogens (tertiary/aromatic N) is 6. The SMILES string of the molecule is COc1nc(N)nc2c1ncn2CCCOc1cc(CN(CCNC(=O)OC(C)(C)C)C(=O)OC(C)(C)C)cc(CN(CCNC(=O)OC(C)(C)C)C(=O)OC(C)(C)C)c1. The Hall–Kier alpha value is -5.75. The van der Waals surface area contributed by atoms with E-state index >= 15 is 0 Å². The van der Waals surface area contributed by atoms with Crippen LogP contribution in [-0.4, -0.2) is 116 Å². The Morgan fingerprint density at radius 3 is 1.60 bits per heavy atom. The zero-order valence-corrected chi connectivity index (χ0v) is 37.5. The third kappa shape index (κ3) is 17.6. The van der Waals surface area contributed by atoms with Gasteiger partial charge in [-0.3, -0.25) is 0 Å². The number of anilines is 1. The van der Waals surface area contributed by atoms with Crippen molar-refractivity contribution in [3.05, 3.63) is 35.7 Å². The van der Waals surface area contributed by atoms with Crippen LogP contribution in [0.1, 0.15) is 101 Å². The van der Waals surface area contributed by atoms with Crippen LogP contribution in [0.2, 0.25) is 0 Å². The van der Waals surface area contributed by atoms with Crippen LogP contribution in [0.5, 0.6) is 11.6 Å². The molecule has 0 radical (unpaired) electrons. The fraction of sp³-hybridized carbons (Fsp3) is 0.634. The number of methoxy groups -OCH3 is 1. The number of nitrogens with one attached hydrogen (secondary N) is 2. The number of amides is 4. The molecule has 0 unspecified atom stereocenters. The molecule has 1 aromatic carbocycles. The van der Waals surface area contributed by atoms with Crippen molar-refractivity contribution in [1.29, 1.82) is 0 Å². The summed E-state index contributed by atoms with van der Waals surface area (Å²) >= 11 is 0. The van der Waals surface area contributed by atoms with Gasteiger partial charge in [-0.25, -0.2) is 24.2 Å². The molecule has 19 heteroatoms. The molecule has 19 nitrogen and oxygen atoms in total. The number of carbonyl (C=O) groups is 4. The van der Waals surface area contributed by atoms with Crippen LogP contribution in [0, 0.1) is 0 Å². The lowest BCUT2D eigenvalue weighted by molar-refractivity contribution is 0.0222. The molecule has 2 aromatic heterocycles. The standard InChI is InChI=1S/C41H65N9O10/c1-38(2,3)57-34(51)43-15-18-48(36(53)59-40(7,8)9)24-27-21-28(25-49(37(54)60-41(10,11)12)19-16-44-35(52)58-39(4,5)6)23-29(22-27)56-20-14-17-50-26-45-30-31(50)46-33(42)47-32(30)55-13/h21-23,26H,14-20,24-25H2,1-13H3,(H,43,51)(H,44,52)(H2,42,46,47). The molecule has 334 valence electrons. The molecular weight excluding hydrogens is 779 g/mol. The number of alkyl carbamates (subject to hydrolysis) is 2. The van der Waals surface area contributed by atoms with Gasteiger partial charge in [-0.15, -0.1) is 0 Å². The highest BCUT2D eigenvalue weighted by Crippen LogP contribution is 2.24. The zero-order valence-electron chi connectivity index (χ0n) is 37.5. The maximum absolute atomic E-state index is 13.6. The quantitative estimate of drug-likeness (QED) is 0.105. The number of rotatable bonds is 16. The molecule has 60 heavy (non-hydrogen) atoms. The van der Waals surface area contributed by atoms with Gasteiger partial charge in [-0.1, -0.05) is 6.07 Å². The second kappa shape index (κ2) is 20.5. The molecular formula is C41H65N9O10. The van der Waals surface area contributed by atoms with Gasteiger partial charge in [0.1, 0.15) is 28.2 Å². The maximum Gasteiger partial charge on any atom is 0.410 e. The summed E-state index contributed by atoms with van der Waals surface area (Å²) in [4.78, 5) is 67.7. The first-order chi connectivity index (χ1) is 27.7. The summed E-state index contributed by atoms with van der Waals surface area (Å²) in [5, 5.41) is 5.40. The molecule has 0 aliphatic heterocycles.